The van der Waals surface area contributed by atoms with Gasteiger partial charge in [0, 0.05) is 32.2 Å². The lowest BCUT2D eigenvalue weighted by Gasteiger charge is -2.32. The lowest BCUT2D eigenvalue weighted by Crippen LogP contribution is -2.52. The Kier molecular flexibility index (Phi) is 5.62. The molecular formula is C13H27N3O2S. The zero-order chi connectivity index (χ0) is 13.7. The summed E-state index contributed by atoms with van der Waals surface area (Å²) in [6.07, 6.45) is 6.86. The van der Waals surface area contributed by atoms with Gasteiger partial charge in [0.1, 0.15) is 0 Å². The minimum atomic E-state index is -3.27. The monoisotopic (exact) mass is 289 g/mol. The van der Waals surface area contributed by atoms with Crippen molar-refractivity contribution in [3.05, 3.63) is 0 Å². The van der Waals surface area contributed by atoms with E-state index in [2.05, 4.69) is 17.0 Å². The smallest absolute Gasteiger partial charge is 0.279 e. The van der Waals surface area contributed by atoms with Crippen LogP contribution in [0.15, 0.2) is 0 Å². The second-order valence-corrected chi connectivity index (χ2v) is 7.48. The van der Waals surface area contributed by atoms with E-state index in [1.54, 1.807) is 4.31 Å². The molecule has 0 spiro atoms. The van der Waals surface area contributed by atoms with Crippen molar-refractivity contribution in [2.24, 2.45) is 5.92 Å². The van der Waals surface area contributed by atoms with E-state index >= 15 is 0 Å². The van der Waals surface area contributed by atoms with Crippen molar-refractivity contribution in [3.8, 4) is 0 Å². The highest BCUT2D eigenvalue weighted by molar-refractivity contribution is 7.87. The first-order valence-corrected chi connectivity index (χ1v) is 9.04. The van der Waals surface area contributed by atoms with Crippen LogP contribution in [0.25, 0.3) is 0 Å². The molecule has 0 aromatic heterocycles. The minimum Gasteiger partial charge on any atom is -0.314 e. The van der Waals surface area contributed by atoms with Crippen LogP contribution >= 0.6 is 0 Å². The Bertz CT molecular complexity index is 358. The average molecular weight is 289 g/mol. The number of nitrogens with zero attached hydrogens (tertiary/aromatic N) is 1. The van der Waals surface area contributed by atoms with Crippen molar-refractivity contribution in [1.29, 1.82) is 0 Å². The third-order valence-corrected chi connectivity index (χ3v) is 5.95. The molecule has 5 nitrogen and oxygen atoms in total. The number of hydrogen-bond donors (Lipinski definition) is 2. The largest absolute Gasteiger partial charge is 0.314 e. The molecule has 0 aromatic carbocycles. The molecular weight excluding hydrogens is 262 g/mol. The van der Waals surface area contributed by atoms with Gasteiger partial charge in [0.25, 0.3) is 10.2 Å². The maximum absolute atomic E-state index is 12.2. The van der Waals surface area contributed by atoms with Gasteiger partial charge in [-0.3, -0.25) is 0 Å². The Morgan fingerprint density at radius 1 is 1.16 bits per heavy atom. The fraction of sp³-hybridized carbons (Fsp3) is 1.00. The molecule has 2 N–H and O–H groups in total. The molecule has 0 bridgehead atoms. The SMILES string of the molecule is CCCC1CCC(NS(=O)(=O)N2CCNCC2)CC1. The molecule has 1 saturated heterocycles. The van der Waals surface area contributed by atoms with Crippen LogP contribution in [-0.2, 0) is 10.2 Å². The summed E-state index contributed by atoms with van der Waals surface area (Å²) in [4.78, 5) is 0. The summed E-state index contributed by atoms with van der Waals surface area (Å²) in [5.74, 6) is 0.810. The summed E-state index contributed by atoms with van der Waals surface area (Å²) >= 11 is 0. The fourth-order valence-corrected chi connectivity index (χ4v) is 4.62. The summed E-state index contributed by atoms with van der Waals surface area (Å²) in [6, 6.07) is 0.146. The summed E-state index contributed by atoms with van der Waals surface area (Å²) in [7, 11) is -3.27. The highest BCUT2D eigenvalue weighted by atomic mass is 32.2. The van der Waals surface area contributed by atoms with Crippen molar-refractivity contribution in [1.82, 2.24) is 14.3 Å². The van der Waals surface area contributed by atoms with Gasteiger partial charge in [-0.2, -0.15) is 17.4 Å². The van der Waals surface area contributed by atoms with Gasteiger partial charge < -0.3 is 5.32 Å². The van der Waals surface area contributed by atoms with Gasteiger partial charge in [0.2, 0.25) is 0 Å². The van der Waals surface area contributed by atoms with Gasteiger partial charge in [-0.1, -0.05) is 19.8 Å². The van der Waals surface area contributed by atoms with E-state index in [4.69, 9.17) is 0 Å². The van der Waals surface area contributed by atoms with E-state index in [1.807, 2.05) is 0 Å². The molecule has 0 radical (unpaired) electrons. The maximum atomic E-state index is 12.2. The molecule has 2 aliphatic rings. The molecule has 1 aliphatic heterocycles. The number of hydrogen-bond acceptors (Lipinski definition) is 3. The van der Waals surface area contributed by atoms with Crippen molar-refractivity contribution < 1.29 is 8.42 Å². The molecule has 1 aliphatic carbocycles. The zero-order valence-electron chi connectivity index (χ0n) is 11.9. The molecule has 1 heterocycles. The molecule has 0 aromatic rings. The van der Waals surface area contributed by atoms with Gasteiger partial charge in [0.15, 0.2) is 0 Å². The number of nitrogens with one attached hydrogen (secondary N) is 2. The maximum Gasteiger partial charge on any atom is 0.279 e. The molecule has 19 heavy (non-hydrogen) atoms. The van der Waals surface area contributed by atoms with Gasteiger partial charge in [-0.05, 0) is 31.6 Å². The summed E-state index contributed by atoms with van der Waals surface area (Å²) in [5.41, 5.74) is 0. The minimum absolute atomic E-state index is 0.146. The first-order valence-electron chi connectivity index (χ1n) is 7.60. The summed E-state index contributed by atoms with van der Waals surface area (Å²) in [5, 5.41) is 3.18. The molecule has 2 fully saturated rings. The van der Waals surface area contributed by atoms with Crippen LogP contribution < -0.4 is 10.0 Å². The first kappa shape index (κ1) is 15.2. The van der Waals surface area contributed by atoms with E-state index in [0.29, 0.717) is 13.1 Å². The van der Waals surface area contributed by atoms with Gasteiger partial charge in [-0.25, -0.2) is 0 Å². The van der Waals surface area contributed by atoms with E-state index in [9.17, 15) is 8.42 Å². The van der Waals surface area contributed by atoms with E-state index in [0.717, 1.165) is 31.8 Å². The zero-order valence-corrected chi connectivity index (χ0v) is 12.7. The number of piperazine rings is 1. The molecule has 0 amide bonds. The van der Waals surface area contributed by atoms with Gasteiger partial charge in [-0.15, -0.1) is 0 Å². The lowest BCUT2D eigenvalue weighted by molar-refractivity contribution is 0.288. The van der Waals surface area contributed by atoms with E-state index in [1.165, 1.54) is 25.7 Å². The molecule has 0 atom stereocenters. The molecule has 6 heteroatoms. The Morgan fingerprint density at radius 3 is 2.37 bits per heavy atom. The second kappa shape index (κ2) is 7.02. The molecule has 0 unspecified atom stereocenters. The van der Waals surface area contributed by atoms with Crippen LogP contribution in [0.3, 0.4) is 0 Å². The van der Waals surface area contributed by atoms with E-state index in [-0.39, 0.29) is 6.04 Å². The predicted molar refractivity (Wildman–Crippen MR) is 77.2 cm³/mol. The van der Waals surface area contributed by atoms with Crippen LogP contribution in [0.4, 0.5) is 0 Å². The third-order valence-electron chi connectivity index (χ3n) is 4.28. The van der Waals surface area contributed by atoms with Gasteiger partial charge in [0.05, 0.1) is 0 Å². The van der Waals surface area contributed by atoms with Crippen LogP contribution in [0.1, 0.15) is 45.4 Å². The Morgan fingerprint density at radius 2 is 1.79 bits per heavy atom. The second-order valence-electron chi connectivity index (χ2n) is 5.78. The van der Waals surface area contributed by atoms with Crippen LogP contribution in [-0.4, -0.2) is 44.9 Å². The average Bonchev–Trinajstić information content (AvgIpc) is 2.42. The normalized spacial score (nSPS) is 30.4. The molecule has 2 rings (SSSR count). The third kappa shape index (κ3) is 4.41. The standard InChI is InChI=1S/C13H27N3O2S/c1-2-3-12-4-6-13(7-5-12)15-19(17,18)16-10-8-14-9-11-16/h12-15H,2-11H2,1H3. The number of rotatable bonds is 5. The predicted octanol–water partition coefficient (Wildman–Crippen LogP) is 1.08. The molecule has 1 saturated carbocycles. The van der Waals surface area contributed by atoms with Crippen molar-refractivity contribution in [2.45, 2.75) is 51.5 Å². The van der Waals surface area contributed by atoms with Crippen molar-refractivity contribution in [2.75, 3.05) is 26.2 Å². The first-order chi connectivity index (χ1) is 9.12. The van der Waals surface area contributed by atoms with E-state index < -0.39 is 10.2 Å². The molecule has 112 valence electrons. The van der Waals surface area contributed by atoms with Crippen molar-refractivity contribution in [3.63, 3.8) is 0 Å². The summed E-state index contributed by atoms with van der Waals surface area (Å²) in [6.45, 7) is 4.90. The fourth-order valence-electron chi connectivity index (χ4n) is 3.15. The Hall–Kier alpha value is -0.170. The summed E-state index contributed by atoms with van der Waals surface area (Å²) < 4.78 is 29.0. The lowest BCUT2D eigenvalue weighted by atomic mass is 9.84. The highest BCUT2D eigenvalue weighted by Crippen LogP contribution is 2.28. The Balaban J connectivity index is 1.80. The van der Waals surface area contributed by atoms with Crippen LogP contribution in [0.2, 0.25) is 0 Å². The topological polar surface area (TPSA) is 61.4 Å². The van der Waals surface area contributed by atoms with Gasteiger partial charge >= 0.3 is 0 Å². The highest BCUT2D eigenvalue weighted by Gasteiger charge is 2.28. The Labute approximate surface area is 117 Å². The van der Waals surface area contributed by atoms with Crippen LogP contribution in [0, 0.1) is 5.92 Å². The van der Waals surface area contributed by atoms with Crippen molar-refractivity contribution >= 4 is 10.2 Å². The quantitative estimate of drug-likeness (QED) is 0.796. The van der Waals surface area contributed by atoms with Crippen LogP contribution in [0.5, 0.6) is 0 Å².